The number of primary amides is 1. The van der Waals surface area contributed by atoms with Crippen LogP contribution in [0.2, 0.25) is 0 Å². The fourth-order valence-electron chi connectivity index (χ4n) is 2.25. The van der Waals surface area contributed by atoms with Crippen LogP contribution in [0.25, 0.3) is 11.0 Å². The molecular weight excluding hydrogens is 300 g/mol. The fraction of sp³-hybridized carbons (Fsp3) is 0.400. The zero-order valence-corrected chi connectivity index (χ0v) is 13.7. The molecule has 0 spiro atoms. The van der Waals surface area contributed by atoms with Crippen molar-refractivity contribution in [1.29, 1.82) is 0 Å². The third kappa shape index (κ3) is 3.41. The maximum Gasteiger partial charge on any atom is 0.318 e. The maximum absolute atomic E-state index is 12.1. The van der Waals surface area contributed by atoms with Crippen LogP contribution in [-0.2, 0) is 11.3 Å². The third-order valence-corrected chi connectivity index (χ3v) is 4.81. The number of fused-ring (bicyclic) bond motifs is 1. The predicted octanol–water partition coefficient (Wildman–Crippen LogP) is 2.37. The van der Waals surface area contributed by atoms with Crippen LogP contribution in [0.5, 0.6) is 0 Å². The molecule has 6 nitrogen and oxygen atoms in total. The van der Waals surface area contributed by atoms with Gasteiger partial charge in [-0.3, -0.25) is 10.1 Å². The molecule has 0 aliphatic carbocycles. The molecule has 3 N–H and O–H groups in total. The number of imidazole rings is 1. The summed E-state index contributed by atoms with van der Waals surface area (Å²) in [5, 5.41) is 2.49. The minimum absolute atomic E-state index is 0.0365. The first-order valence-electron chi connectivity index (χ1n) is 7.16. The van der Waals surface area contributed by atoms with E-state index in [1.54, 1.807) is 0 Å². The number of hydrogen-bond acceptors (Lipinski definition) is 4. The Morgan fingerprint density at radius 3 is 2.64 bits per heavy atom. The Kier molecular flexibility index (Phi) is 5.07. The Hall–Kier alpha value is -2.02. The van der Waals surface area contributed by atoms with E-state index in [0.717, 1.165) is 22.7 Å². The summed E-state index contributed by atoms with van der Waals surface area (Å²) in [5.74, 6) is -0.350. The number of imide groups is 1. The number of amides is 3. The van der Waals surface area contributed by atoms with Gasteiger partial charge < -0.3 is 10.3 Å². The van der Waals surface area contributed by atoms with Crippen molar-refractivity contribution in [2.45, 2.75) is 37.7 Å². The van der Waals surface area contributed by atoms with Gasteiger partial charge in [0.1, 0.15) is 0 Å². The number of hydrogen-bond donors (Lipinski definition) is 2. The number of aryl methyl sites for hydroxylation is 1. The normalized spacial score (nSPS) is 12.5. The fourth-order valence-corrected chi connectivity index (χ4v) is 3.42. The Morgan fingerprint density at radius 1 is 1.36 bits per heavy atom. The van der Waals surface area contributed by atoms with E-state index in [1.807, 2.05) is 45.0 Å². The number of benzene rings is 1. The van der Waals surface area contributed by atoms with Crippen LogP contribution < -0.4 is 11.1 Å². The quantitative estimate of drug-likeness (QED) is 0.828. The molecule has 0 saturated heterocycles. The molecule has 1 aromatic heterocycles. The SMILES string of the molecule is CCn1c(S[C@H](C(=O)NC(N)=O)C(C)C)nc2ccccc21. The summed E-state index contributed by atoms with van der Waals surface area (Å²) in [5.41, 5.74) is 6.97. The summed E-state index contributed by atoms with van der Waals surface area (Å²) < 4.78 is 2.06. The standard InChI is InChI=1S/C15H20N4O2S/c1-4-19-11-8-6-5-7-10(11)17-15(19)22-12(9(2)3)13(20)18-14(16)21/h5-9,12H,4H2,1-3H3,(H3,16,18,20,21)/t12-/m0/s1. The van der Waals surface area contributed by atoms with Crippen molar-refractivity contribution >= 4 is 34.7 Å². The summed E-state index contributed by atoms with van der Waals surface area (Å²) in [7, 11) is 0. The number of nitrogens with one attached hydrogen (secondary N) is 1. The summed E-state index contributed by atoms with van der Waals surface area (Å²) >= 11 is 1.36. The molecule has 1 heterocycles. The van der Waals surface area contributed by atoms with Gasteiger partial charge in [-0.2, -0.15) is 0 Å². The van der Waals surface area contributed by atoms with Crippen molar-refractivity contribution in [2.24, 2.45) is 11.7 Å². The monoisotopic (exact) mass is 320 g/mol. The molecule has 0 unspecified atom stereocenters. The van der Waals surface area contributed by atoms with Crippen LogP contribution in [0, 0.1) is 5.92 Å². The summed E-state index contributed by atoms with van der Waals surface area (Å²) in [6.07, 6.45) is 0. The van der Waals surface area contributed by atoms with Crippen molar-refractivity contribution in [2.75, 3.05) is 0 Å². The highest BCUT2D eigenvalue weighted by Crippen LogP contribution is 2.30. The molecule has 0 radical (unpaired) electrons. The average Bonchev–Trinajstić information content (AvgIpc) is 2.80. The topological polar surface area (TPSA) is 90.0 Å². The minimum Gasteiger partial charge on any atom is -0.351 e. The number of nitrogens with two attached hydrogens (primary N) is 1. The highest BCUT2D eigenvalue weighted by atomic mass is 32.2. The molecule has 2 rings (SSSR count). The zero-order valence-electron chi connectivity index (χ0n) is 12.9. The van der Waals surface area contributed by atoms with E-state index in [1.165, 1.54) is 11.8 Å². The van der Waals surface area contributed by atoms with E-state index in [0.29, 0.717) is 0 Å². The molecule has 0 fully saturated rings. The molecule has 0 bridgehead atoms. The van der Waals surface area contributed by atoms with Crippen LogP contribution in [0.4, 0.5) is 4.79 Å². The summed E-state index contributed by atoms with van der Waals surface area (Å²) in [6, 6.07) is 7.01. The van der Waals surface area contributed by atoms with Gasteiger partial charge in [0.2, 0.25) is 5.91 Å². The molecule has 118 valence electrons. The summed E-state index contributed by atoms with van der Waals surface area (Å²) in [6.45, 7) is 6.64. The molecule has 0 saturated carbocycles. The first kappa shape index (κ1) is 16.4. The van der Waals surface area contributed by atoms with E-state index in [2.05, 4.69) is 14.9 Å². The van der Waals surface area contributed by atoms with Gasteiger partial charge in [-0.05, 0) is 25.0 Å². The number of carbonyl (C=O) groups excluding carboxylic acids is 2. The second-order valence-corrected chi connectivity index (χ2v) is 6.37. The number of aromatic nitrogens is 2. The van der Waals surface area contributed by atoms with Crippen molar-refractivity contribution in [3.05, 3.63) is 24.3 Å². The van der Waals surface area contributed by atoms with Gasteiger partial charge in [0.05, 0.1) is 16.3 Å². The van der Waals surface area contributed by atoms with Gasteiger partial charge in [0.25, 0.3) is 0 Å². The second kappa shape index (κ2) is 6.83. The molecular formula is C15H20N4O2S. The van der Waals surface area contributed by atoms with E-state index in [9.17, 15) is 9.59 Å². The van der Waals surface area contributed by atoms with Crippen LogP contribution in [-0.4, -0.2) is 26.7 Å². The average molecular weight is 320 g/mol. The lowest BCUT2D eigenvalue weighted by molar-refractivity contribution is -0.120. The van der Waals surface area contributed by atoms with Gasteiger partial charge in [-0.15, -0.1) is 0 Å². The number of nitrogens with zero attached hydrogens (tertiary/aromatic N) is 2. The van der Waals surface area contributed by atoms with E-state index in [4.69, 9.17) is 5.73 Å². The Balaban J connectivity index is 2.34. The van der Waals surface area contributed by atoms with Crippen LogP contribution in [0.1, 0.15) is 20.8 Å². The second-order valence-electron chi connectivity index (χ2n) is 5.26. The molecule has 2 aromatic rings. The molecule has 0 aliphatic heterocycles. The van der Waals surface area contributed by atoms with Crippen LogP contribution >= 0.6 is 11.8 Å². The van der Waals surface area contributed by atoms with Gasteiger partial charge in [0, 0.05) is 6.54 Å². The zero-order chi connectivity index (χ0) is 16.3. The first-order chi connectivity index (χ1) is 10.4. The third-order valence-electron chi connectivity index (χ3n) is 3.28. The van der Waals surface area contributed by atoms with Gasteiger partial charge >= 0.3 is 6.03 Å². The van der Waals surface area contributed by atoms with E-state index < -0.39 is 11.3 Å². The molecule has 1 aromatic carbocycles. The number of thioether (sulfide) groups is 1. The first-order valence-corrected chi connectivity index (χ1v) is 8.04. The Labute approximate surface area is 133 Å². The van der Waals surface area contributed by atoms with Crippen molar-refractivity contribution < 1.29 is 9.59 Å². The van der Waals surface area contributed by atoms with Gasteiger partial charge in [-0.25, -0.2) is 9.78 Å². The van der Waals surface area contributed by atoms with E-state index in [-0.39, 0.29) is 11.8 Å². The van der Waals surface area contributed by atoms with Crippen molar-refractivity contribution in [3.63, 3.8) is 0 Å². The number of rotatable bonds is 5. The Morgan fingerprint density at radius 2 is 2.05 bits per heavy atom. The highest BCUT2D eigenvalue weighted by Gasteiger charge is 2.27. The number of carbonyl (C=O) groups is 2. The van der Waals surface area contributed by atoms with Crippen molar-refractivity contribution in [3.8, 4) is 0 Å². The molecule has 3 amide bonds. The maximum atomic E-state index is 12.1. The lowest BCUT2D eigenvalue weighted by atomic mass is 10.1. The molecule has 0 aliphatic rings. The van der Waals surface area contributed by atoms with Crippen molar-refractivity contribution in [1.82, 2.24) is 14.9 Å². The smallest absolute Gasteiger partial charge is 0.318 e. The van der Waals surface area contributed by atoms with Crippen LogP contribution in [0.15, 0.2) is 29.4 Å². The van der Waals surface area contributed by atoms with E-state index >= 15 is 0 Å². The Bertz CT molecular complexity index is 696. The predicted molar refractivity (Wildman–Crippen MR) is 87.6 cm³/mol. The van der Waals surface area contributed by atoms with Gasteiger partial charge in [-0.1, -0.05) is 37.7 Å². The lowest BCUT2D eigenvalue weighted by Crippen LogP contribution is -2.42. The number of para-hydroxylation sites is 2. The minimum atomic E-state index is -0.833. The lowest BCUT2D eigenvalue weighted by Gasteiger charge is -2.18. The number of urea groups is 1. The molecule has 7 heteroatoms. The highest BCUT2D eigenvalue weighted by molar-refractivity contribution is 8.00. The molecule has 1 atom stereocenters. The summed E-state index contributed by atoms with van der Waals surface area (Å²) in [4.78, 5) is 27.7. The largest absolute Gasteiger partial charge is 0.351 e. The van der Waals surface area contributed by atoms with Gasteiger partial charge in [0.15, 0.2) is 5.16 Å². The van der Waals surface area contributed by atoms with Crippen LogP contribution in [0.3, 0.4) is 0 Å². The molecule has 22 heavy (non-hydrogen) atoms.